The van der Waals surface area contributed by atoms with Crippen molar-refractivity contribution in [2.75, 3.05) is 33.4 Å². The topological polar surface area (TPSA) is 62.5 Å². The molecule has 0 aromatic carbocycles. The summed E-state index contributed by atoms with van der Waals surface area (Å²) in [5.74, 6) is 0.406. The van der Waals surface area contributed by atoms with E-state index in [0.29, 0.717) is 11.4 Å². The van der Waals surface area contributed by atoms with Crippen molar-refractivity contribution in [1.82, 2.24) is 14.8 Å². The number of likely N-dealkylation sites (N-methyl/N-ethyl adjacent to an activating group) is 2. The second-order valence-electron chi connectivity index (χ2n) is 6.06. The predicted molar refractivity (Wildman–Crippen MR) is 80.6 cm³/mol. The second-order valence-corrected chi connectivity index (χ2v) is 6.06. The van der Waals surface area contributed by atoms with Gasteiger partial charge in [0.05, 0.1) is 0 Å². The third-order valence-electron chi connectivity index (χ3n) is 4.33. The summed E-state index contributed by atoms with van der Waals surface area (Å²) in [4.78, 5) is 20.7. The number of aryl methyl sites for hydroxylation is 1. The number of hydrogen-bond donors (Lipinski definition) is 1. The van der Waals surface area contributed by atoms with Crippen LogP contribution in [0, 0.1) is 6.92 Å². The fourth-order valence-corrected chi connectivity index (χ4v) is 2.88. The van der Waals surface area contributed by atoms with Gasteiger partial charge in [0.1, 0.15) is 5.82 Å². The molecule has 1 amide bonds. The monoisotopic (exact) mass is 276 g/mol. The highest BCUT2D eigenvalue weighted by atomic mass is 16.2. The molecule has 1 saturated carbocycles. The summed E-state index contributed by atoms with van der Waals surface area (Å²) in [6, 6.07) is 3.44. The van der Waals surface area contributed by atoms with Crippen molar-refractivity contribution in [2.45, 2.75) is 31.7 Å². The Labute approximate surface area is 120 Å². The molecule has 5 heteroatoms. The molecule has 1 aliphatic carbocycles. The number of amides is 1. The zero-order valence-corrected chi connectivity index (χ0v) is 12.8. The number of rotatable bonds is 4. The van der Waals surface area contributed by atoms with E-state index in [-0.39, 0.29) is 11.4 Å². The van der Waals surface area contributed by atoms with E-state index < -0.39 is 0 Å². The third-order valence-corrected chi connectivity index (χ3v) is 4.33. The van der Waals surface area contributed by atoms with Crippen LogP contribution in [0.3, 0.4) is 0 Å². The minimum atomic E-state index is 0.00956. The lowest BCUT2D eigenvalue weighted by molar-refractivity contribution is 0.0252. The van der Waals surface area contributed by atoms with Gasteiger partial charge in [0.15, 0.2) is 0 Å². The van der Waals surface area contributed by atoms with Gasteiger partial charge in [-0.1, -0.05) is 0 Å². The van der Waals surface area contributed by atoms with E-state index in [2.05, 4.69) is 24.0 Å². The molecule has 1 heterocycles. The number of hydrogen-bond acceptors (Lipinski definition) is 4. The van der Waals surface area contributed by atoms with Crippen molar-refractivity contribution in [3.63, 3.8) is 0 Å². The SMILES string of the molecule is Cc1cc(C(=O)N(C)CC2(N(C)C)CCC2)cc(N)n1. The molecule has 1 fully saturated rings. The number of aromatic nitrogens is 1. The molecule has 0 unspecified atom stereocenters. The molecular weight excluding hydrogens is 252 g/mol. The van der Waals surface area contributed by atoms with Crippen LogP contribution in [0.4, 0.5) is 5.82 Å². The zero-order valence-electron chi connectivity index (χ0n) is 12.8. The first-order valence-electron chi connectivity index (χ1n) is 7.01. The number of carbonyl (C=O) groups is 1. The smallest absolute Gasteiger partial charge is 0.253 e. The fourth-order valence-electron chi connectivity index (χ4n) is 2.88. The summed E-state index contributed by atoms with van der Waals surface area (Å²) in [6.45, 7) is 2.60. The highest BCUT2D eigenvalue weighted by molar-refractivity contribution is 5.94. The maximum absolute atomic E-state index is 12.5. The number of pyridine rings is 1. The first-order chi connectivity index (χ1) is 9.34. The Morgan fingerprint density at radius 1 is 1.35 bits per heavy atom. The molecule has 0 atom stereocenters. The normalized spacial score (nSPS) is 16.9. The fraction of sp³-hybridized carbons (Fsp3) is 0.600. The molecule has 1 aromatic heterocycles. The van der Waals surface area contributed by atoms with Crippen LogP contribution in [0.5, 0.6) is 0 Å². The van der Waals surface area contributed by atoms with Gasteiger partial charge in [-0.15, -0.1) is 0 Å². The van der Waals surface area contributed by atoms with E-state index >= 15 is 0 Å². The highest BCUT2D eigenvalue weighted by Gasteiger charge is 2.40. The molecule has 2 rings (SSSR count). The summed E-state index contributed by atoms with van der Waals surface area (Å²) in [6.07, 6.45) is 3.53. The quantitative estimate of drug-likeness (QED) is 0.906. The van der Waals surface area contributed by atoms with Crippen LogP contribution < -0.4 is 5.73 Å². The minimum Gasteiger partial charge on any atom is -0.384 e. The molecule has 5 nitrogen and oxygen atoms in total. The summed E-state index contributed by atoms with van der Waals surface area (Å²) >= 11 is 0. The molecular formula is C15H24N4O. The van der Waals surface area contributed by atoms with Crippen LogP contribution in [0.15, 0.2) is 12.1 Å². The number of carbonyl (C=O) groups excluding carboxylic acids is 1. The zero-order chi connectivity index (χ0) is 14.9. The van der Waals surface area contributed by atoms with Crippen molar-refractivity contribution in [1.29, 1.82) is 0 Å². The Morgan fingerprint density at radius 3 is 2.45 bits per heavy atom. The number of nitrogens with zero attached hydrogens (tertiary/aromatic N) is 3. The average molecular weight is 276 g/mol. The van der Waals surface area contributed by atoms with Crippen LogP contribution >= 0.6 is 0 Å². The Balaban J connectivity index is 2.12. The van der Waals surface area contributed by atoms with Gasteiger partial charge in [-0.25, -0.2) is 4.98 Å². The average Bonchev–Trinajstić information content (AvgIpc) is 2.30. The van der Waals surface area contributed by atoms with Crippen molar-refractivity contribution < 1.29 is 4.79 Å². The van der Waals surface area contributed by atoms with E-state index in [1.165, 1.54) is 6.42 Å². The Morgan fingerprint density at radius 2 is 2.00 bits per heavy atom. The Hall–Kier alpha value is -1.62. The minimum absolute atomic E-state index is 0.00956. The Bertz CT molecular complexity index is 488. The van der Waals surface area contributed by atoms with Crippen LogP contribution in [0.25, 0.3) is 0 Å². The second kappa shape index (κ2) is 5.40. The number of nitrogens with two attached hydrogens (primary N) is 1. The molecule has 0 bridgehead atoms. The van der Waals surface area contributed by atoms with Crippen LogP contribution in [0.2, 0.25) is 0 Å². The lowest BCUT2D eigenvalue weighted by atomic mass is 9.75. The summed E-state index contributed by atoms with van der Waals surface area (Å²) < 4.78 is 0. The molecule has 0 aliphatic heterocycles. The van der Waals surface area contributed by atoms with Crippen LogP contribution in [-0.4, -0.2) is 53.9 Å². The first-order valence-corrected chi connectivity index (χ1v) is 7.01. The maximum Gasteiger partial charge on any atom is 0.253 e. The molecule has 0 spiro atoms. The van der Waals surface area contributed by atoms with Gasteiger partial charge in [-0.2, -0.15) is 0 Å². The van der Waals surface area contributed by atoms with Crippen molar-refractivity contribution in [3.05, 3.63) is 23.4 Å². The van der Waals surface area contributed by atoms with Crippen LogP contribution in [0.1, 0.15) is 35.3 Å². The summed E-state index contributed by atoms with van der Waals surface area (Å²) in [5, 5.41) is 0. The lowest BCUT2D eigenvalue weighted by Crippen LogP contribution is -2.57. The van der Waals surface area contributed by atoms with Crippen LogP contribution in [-0.2, 0) is 0 Å². The molecule has 20 heavy (non-hydrogen) atoms. The van der Waals surface area contributed by atoms with Crippen molar-refractivity contribution in [2.24, 2.45) is 0 Å². The molecule has 1 aromatic rings. The largest absolute Gasteiger partial charge is 0.384 e. The van der Waals surface area contributed by atoms with E-state index in [9.17, 15) is 4.79 Å². The maximum atomic E-state index is 12.5. The standard InChI is InChI=1S/C15H24N4O/c1-11-8-12(9-13(16)17-11)14(20)19(4)10-15(18(2)3)6-5-7-15/h8-9H,5-7,10H2,1-4H3,(H2,16,17). The van der Waals surface area contributed by atoms with Crippen molar-refractivity contribution >= 4 is 11.7 Å². The van der Waals surface area contributed by atoms with E-state index in [1.54, 1.807) is 17.0 Å². The Kier molecular flexibility index (Phi) is 3.99. The predicted octanol–water partition coefficient (Wildman–Crippen LogP) is 1.53. The molecule has 0 saturated heterocycles. The molecule has 0 radical (unpaired) electrons. The van der Waals surface area contributed by atoms with Gasteiger partial charge in [0, 0.05) is 30.4 Å². The first kappa shape index (κ1) is 14.8. The lowest BCUT2D eigenvalue weighted by Gasteiger charge is -2.49. The summed E-state index contributed by atoms with van der Waals surface area (Å²) in [5.41, 5.74) is 7.24. The molecule has 1 aliphatic rings. The van der Waals surface area contributed by atoms with E-state index in [1.807, 2.05) is 14.0 Å². The van der Waals surface area contributed by atoms with Crippen molar-refractivity contribution in [3.8, 4) is 0 Å². The summed E-state index contributed by atoms with van der Waals surface area (Å²) in [7, 11) is 6.04. The van der Waals surface area contributed by atoms with Gasteiger partial charge in [-0.3, -0.25) is 4.79 Å². The van der Waals surface area contributed by atoms with Gasteiger partial charge in [0.2, 0.25) is 0 Å². The van der Waals surface area contributed by atoms with Gasteiger partial charge in [-0.05, 0) is 52.4 Å². The third kappa shape index (κ3) is 2.77. The highest BCUT2D eigenvalue weighted by Crippen LogP contribution is 2.36. The number of nitrogen functional groups attached to an aromatic ring is 1. The van der Waals surface area contributed by atoms with Gasteiger partial charge >= 0.3 is 0 Å². The van der Waals surface area contributed by atoms with Gasteiger partial charge in [0.25, 0.3) is 5.91 Å². The molecule has 2 N–H and O–H groups in total. The number of anilines is 1. The van der Waals surface area contributed by atoms with Gasteiger partial charge < -0.3 is 15.5 Å². The van der Waals surface area contributed by atoms with E-state index in [4.69, 9.17) is 5.73 Å². The molecule has 110 valence electrons. The van der Waals surface area contributed by atoms with E-state index in [0.717, 1.165) is 25.1 Å².